The lowest BCUT2D eigenvalue weighted by molar-refractivity contribution is -0.384. The molecule has 1 aliphatic rings. The van der Waals surface area contributed by atoms with E-state index >= 15 is 0 Å². The van der Waals surface area contributed by atoms with Crippen molar-refractivity contribution in [3.05, 3.63) is 34.4 Å². The van der Waals surface area contributed by atoms with Gasteiger partial charge in [-0.05, 0) is 26.8 Å². The maximum atomic E-state index is 12.4. The van der Waals surface area contributed by atoms with Crippen molar-refractivity contribution in [1.82, 2.24) is 4.90 Å². The topological polar surface area (TPSA) is 108 Å². The molecule has 2 rings (SSSR count). The van der Waals surface area contributed by atoms with Crippen LogP contribution in [0.3, 0.4) is 0 Å². The van der Waals surface area contributed by atoms with Crippen LogP contribution in [0.25, 0.3) is 0 Å². The highest BCUT2D eigenvalue weighted by Gasteiger charge is 2.43. The average Bonchev–Trinajstić information content (AvgIpc) is 2.96. The second-order valence-electron chi connectivity index (χ2n) is 6.90. The normalized spacial score (nSPS) is 19.8. The molecule has 26 heavy (non-hydrogen) atoms. The Labute approximate surface area is 151 Å². The summed E-state index contributed by atoms with van der Waals surface area (Å²) in [6.07, 6.45) is -0.958. The van der Waals surface area contributed by atoms with Gasteiger partial charge in [0.1, 0.15) is 23.5 Å². The number of amides is 1. The van der Waals surface area contributed by atoms with Gasteiger partial charge >= 0.3 is 12.1 Å². The molecule has 0 spiro atoms. The molecular weight excluding hydrogens is 344 g/mol. The third-order valence-corrected chi connectivity index (χ3v) is 3.70. The third-order valence-electron chi connectivity index (χ3n) is 3.70. The van der Waals surface area contributed by atoms with Gasteiger partial charge in [-0.1, -0.05) is 6.07 Å². The highest BCUT2D eigenvalue weighted by atomic mass is 16.6. The van der Waals surface area contributed by atoms with Crippen LogP contribution in [0.5, 0.6) is 5.75 Å². The second kappa shape index (κ2) is 7.59. The van der Waals surface area contributed by atoms with Crippen LogP contribution < -0.4 is 4.74 Å². The van der Waals surface area contributed by atoms with Crippen LogP contribution in [0.2, 0.25) is 0 Å². The second-order valence-corrected chi connectivity index (χ2v) is 6.90. The first-order valence-corrected chi connectivity index (χ1v) is 8.09. The Morgan fingerprint density at radius 1 is 1.31 bits per heavy atom. The molecule has 0 saturated carbocycles. The van der Waals surface area contributed by atoms with Gasteiger partial charge in [0.25, 0.3) is 5.69 Å². The maximum absolute atomic E-state index is 12.4. The number of hydrogen-bond acceptors (Lipinski definition) is 7. The summed E-state index contributed by atoms with van der Waals surface area (Å²) in [5.74, 6) is -0.278. The first kappa shape index (κ1) is 19.5. The molecule has 0 unspecified atom stereocenters. The van der Waals surface area contributed by atoms with Crippen molar-refractivity contribution >= 4 is 17.7 Å². The van der Waals surface area contributed by atoms with Crippen LogP contribution in [-0.2, 0) is 14.3 Å². The Morgan fingerprint density at radius 2 is 2.00 bits per heavy atom. The number of nitrogens with zero attached hydrogens (tertiary/aromatic N) is 2. The third kappa shape index (κ3) is 4.84. The molecule has 0 bridgehead atoms. The number of rotatable bonds is 4. The molecule has 9 heteroatoms. The van der Waals surface area contributed by atoms with Crippen molar-refractivity contribution in [3.63, 3.8) is 0 Å². The maximum Gasteiger partial charge on any atom is 0.411 e. The number of nitro groups is 1. The SMILES string of the molecule is COC(=O)[C@@H]1C[C@@H](Oc2cccc([N+](=O)[O-])c2)CN1C(=O)OC(C)(C)C. The number of hydrogen-bond donors (Lipinski definition) is 0. The summed E-state index contributed by atoms with van der Waals surface area (Å²) in [5.41, 5.74) is -0.814. The minimum Gasteiger partial charge on any atom is -0.488 e. The van der Waals surface area contributed by atoms with Gasteiger partial charge in [0, 0.05) is 12.5 Å². The van der Waals surface area contributed by atoms with E-state index in [1.807, 2.05) is 0 Å². The lowest BCUT2D eigenvalue weighted by atomic mass is 10.2. The van der Waals surface area contributed by atoms with Crippen molar-refractivity contribution < 1.29 is 28.7 Å². The van der Waals surface area contributed by atoms with Crippen molar-refractivity contribution in [3.8, 4) is 5.75 Å². The fourth-order valence-corrected chi connectivity index (χ4v) is 2.63. The van der Waals surface area contributed by atoms with Crippen LogP contribution in [0.15, 0.2) is 24.3 Å². The molecule has 1 amide bonds. The molecule has 1 fully saturated rings. The monoisotopic (exact) mass is 366 g/mol. The van der Waals surface area contributed by atoms with E-state index in [1.54, 1.807) is 26.8 Å². The lowest BCUT2D eigenvalue weighted by Crippen LogP contribution is -2.44. The van der Waals surface area contributed by atoms with Crippen molar-refractivity contribution in [2.24, 2.45) is 0 Å². The Kier molecular flexibility index (Phi) is 5.69. The highest BCUT2D eigenvalue weighted by molar-refractivity contribution is 5.82. The number of benzene rings is 1. The van der Waals surface area contributed by atoms with E-state index in [2.05, 4.69) is 0 Å². The molecule has 0 radical (unpaired) electrons. The summed E-state index contributed by atoms with van der Waals surface area (Å²) in [7, 11) is 1.24. The fourth-order valence-electron chi connectivity index (χ4n) is 2.63. The molecule has 0 aromatic heterocycles. The van der Waals surface area contributed by atoms with Gasteiger partial charge in [-0.15, -0.1) is 0 Å². The average molecular weight is 366 g/mol. The van der Waals surface area contributed by atoms with E-state index < -0.39 is 34.7 Å². The zero-order chi connectivity index (χ0) is 19.5. The Balaban J connectivity index is 2.14. The summed E-state index contributed by atoms with van der Waals surface area (Å²) >= 11 is 0. The predicted molar refractivity (Wildman–Crippen MR) is 90.9 cm³/mol. The van der Waals surface area contributed by atoms with Gasteiger partial charge in [-0.2, -0.15) is 0 Å². The summed E-state index contributed by atoms with van der Waals surface area (Å²) in [4.78, 5) is 36.0. The van der Waals surface area contributed by atoms with Crippen LogP contribution in [0.4, 0.5) is 10.5 Å². The van der Waals surface area contributed by atoms with Gasteiger partial charge in [-0.3, -0.25) is 15.0 Å². The first-order chi connectivity index (χ1) is 12.1. The largest absolute Gasteiger partial charge is 0.488 e. The zero-order valence-corrected chi connectivity index (χ0v) is 15.1. The number of methoxy groups -OCH3 is 1. The standard InChI is InChI=1S/C17H22N2O7/c1-17(2,3)26-16(21)18-10-13(9-14(18)15(20)24-4)25-12-7-5-6-11(8-12)19(22)23/h5-8,13-14H,9-10H2,1-4H3/t13-,14+/m1/s1. The van der Waals surface area contributed by atoms with Gasteiger partial charge in [0.05, 0.1) is 24.6 Å². The van der Waals surface area contributed by atoms with E-state index in [4.69, 9.17) is 14.2 Å². The molecule has 0 aliphatic carbocycles. The van der Waals surface area contributed by atoms with Crippen LogP contribution in [-0.4, -0.2) is 53.3 Å². The first-order valence-electron chi connectivity index (χ1n) is 8.09. The highest BCUT2D eigenvalue weighted by Crippen LogP contribution is 2.27. The number of ether oxygens (including phenoxy) is 3. The predicted octanol–water partition coefficient (Wildman–Crippen LogP) is 2.52. The van der Waals surface area contributed by atoms with Gasteiger partial charge in [0.15, 0.2) is 0 Å². The van der Waals surface area contributed by atoms with Crippen molar-refractivity contribution in [2.45, 2.75) is 44.9 Å². The van der Waals surface area contributed by atoms with Gasteiger partial charge in [0.2, 0.25) is 0 Å². The number of likely N-dealkylation sites (tertiary alicyclic amines) is 1. The Bertz CT molecular complexity index is 699. The molecular formula is C17H22N2O7. The summed E-state index contributed by atoms with van der Waals surface area (Å²) in [6, 6.07) is 4.90. The zero-order valence-electron chi connectivity index (χ0n) is 15.1. The van der Waals surface area contributed by atoms with Crippen molar-refractivity contribution in [2.75, 3.05) is 13.7 Å². The molecule has 9 nitrogen and oxygen atoms in total. The molecule has 1 saturated heterocycles. The van der Waals surface area contributed by atoms with Crippen LogP contribution >= 0.6 is 0 Å². The molecule has 0 N–H and O–H groups in total. The van der Waals surface area contributed by atoms with E-state index in [0.29, 0.717) is 5.75 Å². The van der Waals surface area contributed by atoms with E-state index in [-0.39, 0.29) is 18.7 Å². The van der Waals surface area contributed by atoms with Crippen LogP contribution in [0.1, 0.15) is 27.2 Å². The Morgan fingerprint density at radius 3 is 2.58 bits per heavy atom. The number of carbonyl (C=O) groups excluding carboxylic acids is 2. The summed E-state index contributed by atoms with van der Waals surface area (Å²) < 4.78 is 15.8. The summed E-state index contributed by atoms with van der Waals surface area (Å²) in [6.45, 7) is 5.29. The number of non-ortho nitro benzene ring substituents is 1. The van der Waals surface area contributed by atoms with Gasteiger partial charge < -0.3 is 14.2 Å². The number of esters is 1. The number of nitro benzene ring substituents is 1. The molecule has 1 aliphatic heterocycles. The smallest absolute Gasteiger partial charge is 0.411 e. The van der Waals surface area contributed by atoms with Gasteiger partial charge in [-0.25, -0.2) is 9.59 Å². The van der Waals surface area contributed by atoms with Crippen molar-refractivity contribution in [1.29, 1.82) is 0 Å². The molecule has 2 atom stereocenters. The van der Waals surface area contributed by atoms with E-state index in [0.717, 1.165) is 0 Å². The molecule has 1 heterocycles. The molecule has 142 valence electrons. The minimum atomic E-state index is -0.835. The van der Waals surface area contributed by atoms with E-state index in [1.165, 1.54) is 30.2 Å². The number of carbonyl (C=O) groups is 2. The fraction of sp³-hybridized carbons (Fsp3) is 0.529. The van der Waals surface area contributed by atoms with E-state index in [9.17, 15) is 19.7 Å². The van der Waals surface area contributed by atoms with Crippen LogP contribution in [0, 0.1) is 10.1 Å². The Hall–Kier alpha value is -2.84. The summed E-state index contributed by atoms with van der Waals surface area (Å²) in [5, 5.41) is 10.9. The lowest BCUT2D eigenvalue weighted by Gasteiger charge is -2.27. The molecule has 1 aromatic rings. The quantitative estimate of drug-likeness (QED) is 0.457. The molecule has 1 aromatic carbocycles. The minimum absolute atomic E-state index is 0.103.